The third kappa shape index (κ3) is 6.01. The van der Waals surface area contributed by atoms with Crippen LogP contribution in [0.4, 0.5) is 0 Å². The van der Waals surface area contributed by atoms with Gasteiger partial charge >= 0.3 is 0 Å². The third-order valence-corrected chi connectivity index (χ3v) is 5.01. The predicted molar refractivity (Wildman–Crippen MR) is 130 cm³/mol. The van der Waals surface area contributed by atoms with Crippen molar-refractivity contribution in [2.45, 2.75) is 34.3 Å². The molecule has 7 heteroatoms. The largest absolute Gasteiger partial charge is 0.490 e. The normalized spacial score (nSPS) is 14.8. The van der Waals surface area contributed by atoms with Crippen molar-refractivity contribution in [1.82, 2.24) is 10.2 Å². The van der Waals surface area contributed by atoms with Crippen LogP contribution in [0, 0.1) is 5.92 Å². The van der Waals surface area contributed by atoms with Crippen LogP contribution >= 0.6 is 12.2 Å². The van der Waals surface area contributed by atoms with Gasteiger partial charge in [0.25, 0.3) is 5.91 Å². The number of ether oxygens (including phenoxy) is 3. The van der Waals surface area contributed by atoms with Crippen molar-refractivity contribution in [2.75, 3.05) is 19.8 Å². The standard InChI is InChI=1S/C25H30N2O4S/c1-5-29-22-11-10-19(14-23(22)30-6-2)16-31-20-9-7-8-18(12-20)13-21-24(28)27(15-17(3)4)25(32)26-21/h7-14,17H,5-6,15-16H2,1-4H3,(H,26,32)/b21-13+. The maximum absolute atomic E-state index is 12.7. The Morgan fingerprint density at radius 2 is 1.78 bits per heavy atom. The summed E-state index contributed by atoms with van der Waals surface area (Å²) in [7, 11) is 0. The van der Waals surface area contributed by atoms with Gasteiger partial charge in [0.05, 0.1) is 13.2 Å². The summed E-state index contributed by atoms with van der Waals surface area (Å²) in [4.78, 5) is 14.3. The summed E-state index contributed by atoms with van der Waals surface area (Å²) in [5.74, 6) is 2.37. The van der Waals surface area contributed by atoms with Gasteiger partial charge in [-0.25, -0.2) is 0 Å². The number of carbonyl (C=O) groups is 1. The Bertz CT molecular complexity index is 1000. The van der Waals surface area contributed by atoms with Gasteiger partial charge in [-0.15, -0.1) is 0 Å². The van der Waals surface area contributed by atoms with Crippen molar-refractivity contribution in [3.8, 4) is 17.2 Å². The van der Waals surface area contributed by atoms with E-state index in [1.807, 2.05) is 56.3 Å². The molecule has 1 fully saturated rings. The van der Waals surface area contributed by atoms with Crippen LogP contribution in [-0.2, 0) is 11.4 Å². The molecule has 0 bridgehead atoms. The van der Waals surface area contributed by atoms with Gasteiger partial charge in [0.1, 0.15) is 18.1 Å². The van der Waals surface area contributed by atoms with E-state index >= 15 is 0 Å². The van der Waals surface area contributed by atoms with Crippen LogP contribution in [-0.4, -0.2) is 35.7 Å². The van der Waals surface area contributed by atoms with Crippen LogP contribution < -0.4 is 19.5 Å². The number of carbonyl (C=O) groups excluding carboxylic acids is 1. The van der Waals surface area contributed by atoms with Crippen molar-refractivity contribution in [1.29, 1.82) is 0 Å². The average molecular weight is 455 g/mol. The molecule has 6 nitrogen and oxygen atoms in total. The quantitative estimate of drug-likeness (QED) is 0.412. The van der Waals surface area contributed by atoms with E-state index in [1.54, 1.807) is 11.0 Å². The lowest BCUT2D eigenvalue weighted by Gasteiger charge is -2.15. The minimum absolute atomic E-state index is 0.104. The molecule has 32 heavy (non-hydrogen) atoms. The number of nitrogens with zero attached hydrogens (tertiary/aromatic N) is 1. The number of amides is 1. The van der Waals surface area contributed by atoms with Gasteiger partial charge in [-0.1, -0.05) is 32.0 Å². The highest BCUT2D eigenvalue weighted by Gasteiger charge is 2.30. The van der Waals surface area contributed by atoms with E-state index < -0.39 is 0 Å². The van der Waals surface area contributed by atoms with Gasteiger partial charge in [-0.2, -0.15) is 0 Å². The van der Waals surface area contributed by atoms with Crippen molar-refractivity contribution < 1.29 is 19.0 Å². The Morgan fingerprint density at radius 3 is 2.50 bits per heavy atom. The Labute approximate surface area is 195 Å². The maximum Gasteiger partial charge on any atom is 0.276 e. The second kappa shape index (κ2) is 11.0. The van der Waals surface area contributed by atoms with Crippen LogP contribution in [0.25, 0.3) is 6.08 Å². The van der Waals surface area contributed by atoms with Crippen LogP contribution in [0.5, 0.6) is 17.2 Å². The molecule has 0 aliphatic carbocycles. The summed E-state index contributed by atoms with van der Waals surface area (Å²) >= 11 is 5.31. The molecule has 0 spiro atoms. The summed E-state index contributed by atoms with van der Waals surface area (Å²) < 4.78 is 17.3. The minimum atomic E-state index is -0.104. The molecule has 0 atom stereocenters. The van der Waals surface area contributed by atoms with Crippen molar-refractivity contribution in [3.63, 3.8) is 0 Å². The Hall–Kier alpha value is -3.06. The molecule has 1 amide bonds. The molecule has 170 valence electrons. The fourth-order valence-electron chi connectivity index (χ4n) is 3.32. The lowest BCUT2D eigenvalue weighted by atomic mass is 10.1. The second-order valence-electron chi connectivity index (χ2n) is 7.81. The molecule has 1 N–H and O–H groups in total. The molecule has 0 aromatic heterocycles. The third-order valence-electron chi connectivity index (χ3n) is 4.69. The molecule has 1 aliphatic heterocycles. The summed E-state index contributed by atoms with van der Waals surface area (Å²) in [5.41, 5.74) is 2.30. The SMILES string of the molecule is CCOc1ccc(COc2cccc(/C=C3/NC(=S)N(CC(C)C)C3=O)c2)cc1OCC. The zero-order valence-corrected chi connectivity index (χ0v) is 19.8. The fourth-order valence-corrected chi connectivity index (χ4v) is 3.58. The van der Waals surface area contributed by atoms with Gasteiger partial charge in [0, 0.05) is 6.54 Å². The van der Waals surface area contributed by atoms with Gasteiger partial charge in [0.2, 0.25) is 0 Å². The van der Waals surface area contributed by atoms with Gasteiger partial charge in [0.15, 0.2) is 16.6 Å². The van der Waals surface area contributed by atoms with E-state index in [0.29, 0.717) is 54.6 Å². The van der Waals surface area contributed by atoms with E-state index in [2.05, 4.69) is 19.2 Å². The Morgan fingerprint density at radius 1 is 1.03 bits per heavy atom. The van der Waals surface area contributed by atoms with Crippen LogP contribution in [0.3, 0.4) is 0 Å². The molecule has 0 unspecified atom stereocenters. The summed E-state index contributed by atoms with van der Waals surface area (Å²) in [6, 6.07) is 13.4. The highest BCUT2D eigenvalue weighted by atomic mass is 32.1. The molecule has 1 heterocycles. The molecule has 1 saturated heterocycles. The van der Waals surface area contributed by atoms with Gasteiger partial charge in [-0.05, 0) is 73.5 Å². The highest BCUT2D eigenvalue weighted by Crippen LogP contribution is 2.29. The molecule has 2 aromatic rings. The van der Waals surface area contributed by atoms with Crippen LogP contribution in [0.1, 0.15) is 38.8 Å². The van der Waals surface area contributed by atoms with Crippen molar-refractivity contribution in [2.24, 2.45) is 5.92 Å². The zero-order valence-electron chi connectivity index (χ0n) is 19.0. The first-order valence-corrected chi connectivity index (χ1v) is 11.3. The molecule has 3 rings (SSSR count). The number of hydrogen-bond acceptors (Lipinski definition) is 5. The summed E-state index contributed by atoms with van der Waals surface area (Å²) in [6.45, 7) is 10.1. The van der Waals surface area contributed by atoms with Crippen molar-refractivity contribution >= 4 is 29.3 Å². The number of hydrogen-bond donors (Lipinski definition) is 1. The fraction of sp³-hybridized carbons (Fsp3) is 0.360. The van der Waals surface area contributed by atoms with E-state index in [4.69, 9.17) is 26.4 Å². The van der Waals surface area contributed by atoms with E-state index in [9.17, 15) is 4.79 Å². The first-order chi connectivity index (χ1) is 15.4. The first-order valence-electron chi connectivity index (χ1n) is 10.9. The van der Waals surface area contributed by atoms with E-state index in [1.165, 1.54) is 0 Å². The van der Waals surface area contributed by atoms with Crippen molar-refractivity contribution in [3.05, 3.63) is 59.3 Å². The zero-order chi connectivity index (χ0) is 23.1. The number of rotatable bonds is 10. The Balaban J connectivity index is 1.69. The molecule has 1 aliphatic rings. The van der Waals surface area contributed by atoms with Crippen LogP contribution in [0.15, 0.2) is 48.2 Å². The molecular formula is C25H30N2O4S. The first kappa shape index (κ1) is 23.6. The number of benzene rings is 2. The second-order valence-corrected chi connectivity index (χ2v) is 8.19. The highest BCUT2D eigenvalue weighted by molar-refractivity contribution is 7.80. The Kier molecular flexibility index (Phi) is 8.11. The maximum atomic E-state index is 12.7. The average Bonchev–Trinajstić information content (AvgIpc) is 3.01. The van der Waals surface area contributed by atoms with Crippen LogP contribution in [0.2, 0.25) is 0 Å². The summed E-state index contributed by atoms with van der Waals surface area (Å²) in [6.07, 6.45) is 1.80. The number of nitrogens with one attached hydrogen (secondary N) is 1. The number of thiocarbonyl (C=S) groups is 1. The van der Waals surface area contributed by atoms with E-state index in [0.717, 1.165) is 16.9 Å². The molecule has 2 aromatic carbocycles. The van der Waals surface area contributed by atoms with Gasteiger partial charge < -0.3 is 19.5 Å². The predicted octanol–water partition coefficient (Wildman–Crippen LogP) is 4.78. The lowest BCUT2D eigenvalue weighted by Crippen LogP contribution is -2.33. The molecule has 0 radical (unpaired) electrons. The lowest BCUT2D eigenvalue weighted by molar-refractivity contribution is -0.122. The smallest absolute Gasteiger partial charge is 0.276 e. The van der Waals surface area contributed by atoms with Gasteiger partial charge in [-0.3, -0.25) is 9.69 Å². The molecule has 0 saturated carbocycles. The van der Waals surface area contributed by atoms with E-state index in [-0.39, 0.29) is 5.91 Å². The topological polar surface area (TPSA) is 60.0 Å². The monoisotopic (exact) mass is 454 g/mol. The minimum Gasteiger partial charge on any atom is -0.490 e. The summed E-state index contributed by atoms with van der Waals surface area (Å²) in [5, 5.41) is 3.47. The molecular weight excluding hydrogens is 424 g/mol.